The summed E-state index contributed by atoms with van der Waals surface area (Å²) in [5.74, 6) is 0. The van der Waals surface area contributed by atoms with Crippen LogP contribution in [0.5, 0.6) is 0 Å². The van der Waals surface area contributed by atoms with E-state index in [1.54, 1.807) is 0 Å². The fraction of sp³-hybridized carbons (Fsp3) is 0.538. The van der Waals surface area contributed by atoms with Crippen LogP contribution in [0.3, 0.4) is 0 Å². The first-order valence-electron chi connectivity index (χ1n) is 6.01. The van der Waals surface area contributed by atoms with E-state index >= 15 is 0 Å². The van der Waals surface area contributed by atoms with Crippen LogP contribution >= 0.6 is 23.4 Å². The van der Waals surface area contributed by atoms with Crippen molar-refractivity contribution in [3.8, 4) is 0 Å². The minimum absolute atomic E-state index is 0.511. The molecule has 0 bridgehead atoms. The molecule has 1 aromatic carbocycles. The molecule has 4 heteroatoms. The molecule has 1 aliphatic rings. The van der Waals surface area contributed by atoms with E-state index in [1.165, 1.54) is 18.5 Å². The van der Waals surface area contributed by atoms with Crippen molar-refractivity contribution in [2.24, 2.45) is 5.73 Å². The lowest BCUT2D eigenvalue weighted by molar-refractivity contribution is 0.590. The van der Waals surface area contributed by atoms with Crippen LogP contribution in [0.1, 0.15) is 18.4 Å². The number of nitrogens with two attached hydrogens (primary N) is 1. The summed E-state index contributed by atoms with van der Waals surface area (Å²) >= 11 is 8.17. The summed E-state index contributed by atoms with van der Waals surface area (Å²) in [5, 5.41) is 1.60. The topological polar surface area (TPSA) is 29.3 Å². The van der Waals surface area contributed by atoms with Gasteiger partial charge >= 0.3 is 0 Å². The summed E-state index contributed by atoms with van der Waals surface area (Å²) in [6, 6.07) is 6.06. The normalized spacial score (nSPS) is 17.5. The Bertz CT molecular complexity index is 376. The zero-order valence-corrected chi connectivity index (χ0v) is 11.7. The lowest BCUT2D eigenvalue weighted by Gasteiger charge is -2.34. The Morgan fingerprint density at radius 3 is 2.71 bits per heavy atom. The van der Waals surface area contributed by atoms with Crippen LogP contribution in [0.15, 0.2) is 18.2 Å². The molecule has 0 amide bonds. The van der Waals surface area contributed by atoms with Crippen LogP contribution in [0, 0.1) is 0 Å². The number of benzene rings is 1. The summed E-state index contributed by atoms with van der Waals surface area (Å²) in [5.41, 5.74) is 8.10. The number of piperidine rings is 1. The molecule has 0 unspecified atom stereocenters. The second kappa shape index (κ2) is 5.98. The molecule has 17 heavy (non-hydrogen) atoms. The fourth-order valence-corrected chi connectivity index (χ4v) is 3.31. The lowest BCUT2D eigenvalue weighted by Crippen LogP contribution is -2.35. The van der Waals surface area contributed by atoms with Gasteiger partial charge in [-0.2, -0.15) is 11.8 Å². The Hall–Kier alpha value is -0.380. The van der Waals surface area contributed by atoms with E-state index in [9.17, 15) is 0 Å². The van der Waals surface area contributed by atoms with Gasteiger partial charge in [0.15, 0.2) is 0 Å². The largest absolute Gasteiger partial charge is 0.371 e. The van der Waals surface area contributed by atoms with Gasteiger partial charge in [-0.3, -0.25) is 0 Å². The number of rotatable bonds is 3. The Balaban J connectivity index is 2.15. The van der Waals surface area contributed by atoms with Crippen molar-refractivity contribution in [3.63, 3.8) is 0 Å². The number of anilines is 1. The minimum atomic E-state index is 0.511. The van der Waals surface area contributed by atoms with Gasteiger partial charge in [-0.15, -0.1) is 0 Å². The van der Waals surface area contributed by atoms with Gasteiger partial charge in [0.1, 0.15) is 0 Å². The Labute approximate surface area is 113 Å². The van der Waals surface area contributed by atoms with Gasteiger partial charge in [0, 0.05) is 41.2 Å². The third-order valence-corrected chi connectivity index (χ3v) is 4.91. The van der Waals surface area contributed by atoms with Gasteiger partial charge in [0.05, 0.1) is 0 Å². The molecule has 1 heterocycles. The standard InChI is InChI=1S/C13H19ClN2S/c1-17-10-5-7-16(8-6-10)13-4-2-3-12(14)11(13)9-15/h2-4,10H,5-9,15H2,1H3. The van der Waals surface area contributed by atoms with Crippen molar-refractivity contribution in [1.29, 1.82) is 0 Å². The summed E-state index contributed by atoms with van der Waals surface area (Å²) in [7, 11) is 0. The molecule has 0 radical (unpaired) electrons. The molecule has 2 nitrogen and oxygen atoms in total. The molecule has 1 aromatic rings. The van der Waals surface area contributed by atoms with Gasteiger partial charge in [-0.1, -0.05) is 17.7 Å². The highest BCUT2D eigenvalue weighted by Crippen LogP contribution is 2.31. The van der Waals surface area contributed by atoms with E-state index in [4.69, 9.17) is 17.3 Å². The maximum atomic E-state index is 6.19. The Morgan fingerprint density at radius 1 is 1.41 bits per heavy atom. The average molecular weight is 271 g/mol. The van der Waals surface area contributed by atoms with Crippen molar-refractivity contribution in [2.75, 3.05) is 24.2 Å². The first kappa shape index (κ1) is 13.1. The molecule has 0 spiro atoms. The molecule has 0 aromatic heterocycles. The second-order valence-electron chi connectivity index (χ2n) is 4.36. The smallest absolute Gasteiger partial charge is 0.0471 e. The zero-order chi connectivity index (χ0) is 12.3. The molecule has 2 rings (SSSR count). The predicted molar refractivity (Wildman–Crippen MR) is 78.1 cm³/mol. The first-order chi connectivity index (χ1) is 8.26. The van der Waals surface area contributed by atoms with Crippen molar-refractivity contribution in [1.82, 2.24) is 0 Å². The van der Waals surface area contributed by atoms with Crippen molar-refractivity contribution < 1.29 is 0 Å². The second-order valence-corrected chi connectivity index (χ2v) is 5.91. The van der Waals surface area contributed by atoms with Crippen LogP contribution < -0.4 is 10.6 Å². The van der Waals surface area contributed by atoms with Crippen LogP contribution in [-0.4, -0.2) is 24.6 Å². The van der Waals surface area contributed by atoms with Gasteiger partial charge in [0.2, 0.25) is 0 Å². The summed E-state index contributed by atoms with van der Waals surface area (Å²) in [6.07, 6.45) is 4.69. The number of nitrogens with zero attached hydrogens (tertiary/aromatic N) is 1. The average Bonchev–Trinajstić information content (AvgIpc) is 2.38. The van der Waals surface area contributed by atoms with E-state index in [1.807, 2.05) is 23.9 Å². The summed E-state index contributed by atoms with van der Waals surface area (Å²) in [4.78, 5) is 2.42. The molecule has 2 N–H and O–H groups in total. The van der Waals surface area contributed by atoms with Crippen molar-refractivity contribution >= 4 is 29.1 Å². The van der Waals surface area contributed by atoms with E-state index in [0.29, 0.717) is 6.54 Å². The maximum absolute atomic E-state index is 6.19. The minimum Gasteiger partial charge on any atom is -0.371 e. The number of hydrogen-bond acceptors (Lipinski definition) is 3. The number of hydrogen-bond donors (Lipinski definition) is 1. The number of thioether (sulfide) groups is 1. The molecule has 0 aliphatic carbocycles. The third-order valence-electron chi connectivity index (χ3n) is 3.41. The zero-order valence-electron chi connectivity index (χ0n) is 10.2. The molecule has 1 saturated heterocycles. The Morgan fingerprint density at radius 2 is 2.12 bits per heavy atom. The molecule has 0 saturated carbocycles. The monoisotopic (exact) mass is 270 g/mol. The van der Waals surface area contributed by atoms with E-state index in [-0.39, 0.29) is 0 Å². The van der Waals surface area contributed by atoms with Crippen molar-refractivity contribution in [2.45, 2.75) is 24.6 Å². The van der Waals surface area contributed by atoms with Crippen LogP contribution in [0.25, 0.3) is 0 Å². The fourth-order valence-electron chi connectivity index (χ4n) is 2.38. The molecular formula is C13H19ClN2S. The van der Waals surface area contributed by atoms with E-state index in [0.717, 1.165) is 28.9 Å². The Kier molecular flexibility index (Phi) is 4.60. The van der Waals surface area contributed by atoms with Crippen molar-refractivity contribution in [3.05, 3.63) is 28.8 Å². The number of halogens is 1. The van der Waals surface area contributed by atoms with Gasteiger partial charge in [0.25, 0.3) is 0 Å². The molecule has 0 atom stereocenters. The highest BCUT2D eigenvalue weighted by atomic mass is 35.5. The maximum Gasteiger partial charge on any atom is 0.0471 e. The molecule has 94 valence electrons. The van der Waals surface area contributed by atoms with Crippen LogP contribution in [-0.2, 0) is 6.54 Å². The highest BCUT2D eigenvalue weighted by Gasteiger charge is 2.20. The SMILES string of the molecule is CSC1CCN(c2cccc(Cl)c2CN)CC1. The predicted octanol–water partition coefficient (Wildman–Crippen LogP) is 3.13. The highest BCUT2D eigenvalue weighted by molar-refractivity contribution is 7.99. The van der Waals surface area contributed by atoms with Gasteiger partial charge < -0.3 is 10.6 Å². The molecule has 1 aliphatic heterocycles. The van der Waals surface area contributed by atoms with Crippen LogP contribution in [0.4, 0.5) is 5.69 Å². The lowest BCUT2D eigenvalue weighted by atomic mass is 10.1. The van der Waals surface area contributed by atoms with Gasteiger partial charge in [-0.25, -0.2) is 0 Å². The summed E-state index contributed by atoms with van der Waals surface area (Å²) < 4.78 is 0. The van der Waals surface area contributed by atoms with Gasteiger partial charge in [-0.05, 0) is 31.2 Å². The quantitative estimate of drug-likeness (QED) is 0.915. The van der Waals surface area contributed by atoms with E-state index < -0.39 is 0 Å². The molecular weight excluding hydrogens is 252 g/mol. The molecule has 1 fully saturated rings. The third kappa shape index (κ3) is 2.90. The summed E-state index contributed by atoms with van der Waals surface area (Å²) in [6.45, 7) is 2.73. The first-order valence-corrected chi connectivity index (χ1v) is 7.68. The van der Waals surface area contributed by atoms with Crippen LogP contribution in [0.2, 0.25) is 5.02 Å². The van der Waals surface area contributed by atoms with E-state index in [2.05, 4.69) is 17.2 Å².